The number of benzene rings is 1. The van der Waals surface area contributed by atoms with Gasteiger partial charge < -0.3 is 9.84 Å². The first-order chi connectivity index (χ1) is 10.6. The summed E-state index contributed by atoms with van der Waals surface area (Å²) in [5.74, 6) is -1.16. The molecule has 1 N–H and O–H groups in total. The molecule has 2 aromatic rings. The highest BCUT2D eigenvalue weighted by Gasteiger charge is 2.17. The van der Waals surface area contributed by atoms with Gasteiger partial charge in [0.2, 0.25) is 0 Å². The first-order valence-electron chi connectivity index (χ1n) is 7.35. The molecule has 1 aromatic heterocycles. The number of methoxy groups -OCH3 is 1. The van der Waals surface area contributed by atoms with Gasteiger partial charge in [0.05, 0.1) is 0 Å². The van der Waals surface area contributed by atoms with Crippen LogP contribution in [0.3, 0.4) is 0 Å². The molecule has 0 aliphatic rings. The highest BCUT2D eigenvalue weighted by Crippen LogP contribution is 2.28. The van der Waals surface area contributed by atoms with Crippen molar-refractivity contribution in [2.24, 2.45) is 0 Å². The second kappa shape index (κ2) is 7.51. The normalized spacial score (nSPS) is 11.1. The molecule has 0 saturated carbocycles. The lowest BCUT2D eigenvalue weighted by molar-refractivity contribution is -0.141. The summed E-state index contributed by atoms with van der Waals surface area (Å²) >= 11 is 0. The number of aromatic nitrogens is 1. The van der Waals surface area contributed by atoms with E-state index in [1.807, 2.05) is 26.0 Å². The summed E-state index contributed by atoms with van der Waals surface area (Å²) in [5, 5.41) is 8.68. The van der Waals surface area contributed by atoms with E-state index in [-0.39, 0.29) is 17.8 Å². The molecule has 0 bridgehead atoms. The lowest BCUT2D eigenvalue weighted by Crippen LogP contribution is -2.11. The Labute approximate surface area is 136 Å². The van der Waals surface area contributed by atoms with Crippen molar-refractivity contribution in [2.75, 3.05) is 13.7 Å². The molecule has 23 heavy (non-hydrogen) atoms. The van der Waals surface area contributed by atoms with Crippen molar-refractivity contribution in [3.63, 3.8) is 0 Å². The van der Waals surface area contributed by atoms with E-state index in [1.165, 1.54) is 7.11 Å². The molecule has 0 spiro atoms. The molecule has 0 saturated heterocycles. The SMILES string of the molecule is COCC(=O)O.Cc1cc2cc(C(C)(C)C)cc(F)c2nc1C. The van der Waals surface area contributed by atoms with Crippen LogP contribution in [0.25, 0.3) is 10.9 Å². The number of aliphatic carboxylic acids is 1. The average molecular weight is 321 g/mol. The lowest BCUT2D eigenvalue weighted by atomic mass is 9.86. The van der Waals surface area contributed by atoms with Crippen molar-refractivity contribution in [3.05, 3.63) is 40.8 Å². The Bertz CT molecular complexity index is 705. The van der Waals surface area contributed by atoms with Gasteiger partial charge in [-0.25, -0.2) is 14.2 Å². The number of carbonyl (C=O) groups is 1. The maximum Gasteiger partial charge on any atom is 0.329 e. The fourth-order valence-electron chi connectivity index (χ4n) is 2.00. The topological polar surface area (TPSA) is 59.4 Å². The second-order valence-electron chi connectivity index (χ2n) is 6.50. The standard InChI is InChI=1S/C15H18FN.C3H6O3/c1-9-6-11-7-12(15(3,4)5)8-13(16)14(11)17-10(9)2;1-6-2-3(4)5/h6-8H,1-5H3;2H2,1H3,(H,4,5). The third-order valence-electron chi connectivity index (χ3n) is 3.45. The molecule has 126 valence electrons. The summed E-state index contributed by atoms with van der Waals surface area (Å²) < 4.78 is 18.2. The molecule has 1 heterocycles. The summed E-state index contributed by atoms with van der Waals surface area (Å²) in [6.07, 6.45) is 0. The number of carboxylic acid groups (broad SMARTS) is 1. The summed E-state index contributed by atoms with van der Waals surface area (Å²) in [6, 6.07) is 5.65. The first-order valence-corrected chi connectivity index (χ1v) is 7.35. The zero-order valence-corrected chi connectivity index (χ0v) is 14.5. The van der Waals surface area contributed by atoms with Gasteiger partial charge in [-0.3, -0.25) is 0 Å². The van der Waals surface area contributed by atoms with Gasteiger partial charge in [-0.1, -0.05) is 20.8 Å². The zero-order valence-electron chi connectivity index (χ0n) is 14.5. The van der Waals surface area contributed by atoms with Crippen LogP contribution in [0.1, 0.15) is 37.6 Å². The fraction of sp³-hybridized carbons (Fsp3) is 0.444. The van der Waals surface area contributed by atoms with Gasteiger partial charge in [0.25, 0.3) is 0 Å². The van der Waals surface area contributed by atoms with E-state index in [4.69, 9.17) is 5.11 Å². The Morgan fingerprint density at radius 2 is 1.87 bits per heavy atom. The Morgan fingerprint density at radius 1 is 1.26 bits per heavy atom. The predicted molar refractivity (Wildman–Crippen MR) is 89.4 cm³/mol. The quantitative estimate of drug-likeness (QED) is 0.908. The van der Waals surface area contributed by atoms with Crippen LogP contribution >= 0.6 is 0 Å². The van der Waals surface area contributed by atoms with Crippen LogP contribution in [0.2, 0.25) is 0 Å². The summed E-state index contributed by atoms with van der Waals surface area (Å²) in [5.41, 5.74) is 3.42. The van der Waals surface area contributed by atoms with Crippen LogP contribution < -0.4 is 0 Å². The van der Waals surface area contributed by atoms with Gasteiger partial charge >= 0.3 is 5.97 Å². The van der Waals surface area contributed by atoms with Crippen LogP contribution in [0.15, 0.2) is 18.2 Å². The Hall–Kier alpha value is -2.01. The summed E-state index contributed by atoms with van der Waals surface area (Å²) in [4.78, 5) is 13.8. The number of hydrogen-bond acceptors (Lipinski definition) is 3. The first kappa shape index (κ1) is 19.0. The summed E-state index contributed by atoms with van der Waals surface area (Å²) in [7, 11) is 1.34. The number of fused-ring (bicyclic) bond motifs is 1. The zero-order chi connectivity index (χ0) is 17.8. The number of nitrogens with zero attached hydrogens (tertiary/aromatic N) is 1. The van der Waals surface area contributed by atoms with Crippen molar-refractivity contribution >= 4 is 16.9 Å². The minimum atomic E-state index is -0.933. The van der Waals surface area contributed by atoms with Gasteiger partial charge in [-0.2, -0.15) is 0 Å². The third kappa shape index (κ3) is 5.28. The van der Waals surface area contributed by atoms with Gasteiger partial charge in [0.15, 0.2) is 0 Å². The largest absolute Gasteiger partial charge is 0.480 e. The molecule has 1 aromatic carbocycles. The lowest BCUT2D eigenvalue weighted by Gasteiger charge is -2.20. The number of aryl methyl sites for hydroxylation is 2. The Kier molecular flexibility index (Phi) is 6.21. The van der Waals surface area contributed by atoms with Crippen molar-refractivity contribution < 1.29 is 19.0 Å². The van der Waals surface area contributed by atoms with Crippen LogP contribution in [0, 0.1) is 19.7 Å². The molecule has 0 fully saturated rings. The van der Waals surface area contributed by atoms with Crippen LogP contribution in [-0.4, -0.2) is 29.8 Å². The molecule has 2 rings (SSSR count). The second-order valence-corrected chi connectivity index (χ2v) is 6.50. The number of carboxylic acids is 1. The summed E-state index contributed by atoms with van der Waals surface area (Å²) in [6.45, 7) is 9.96. The van der Waals surface area contributed by atoms with E-state index in [2.05, 4.69) is 30.5 Å². The highest BCUT2D eigenvalue weighted by atomic mass is 19.1. The maximum absolute atomic E-state index is 14.0. The molecule has 0 radical (unpaired) electrons. The highest BCUT2D eigenvalue weighted by molar-refractivity contribution is 5.81. The number of halogens is 1. The van der Waals surface area contributed by atoms with Crippen molar-refractivity contribution in [1.29, 1.82) is 0 Å². The monoisotopic (exact) mass is 321 g/mol. The van der Waals surface area contributed by atoms with E-state index in [0.717, 1.165) is 22.2 Å². The van der Waals surface area contributed by atoms with Gasteiger partial charge in [0, 0.05) is 18.2 Å². The van der Waals surface area contributed by atoms with E-state index >= 15 is 0 Å². The molecule has 0 aliphatic carbocycles. The van der Waals surface area contributed by atoms with E-state index in [0.29, 0.717) is 5.52 Å². The van der Waals surface area contributed by atoms with E-state index < -0.39 is 5.97 Å². The van der Waals surface area contributed by atoms with Crippen molar-refractivity contribution in [2.45, 2.75) is 40.0 Å². The molecular weight excluding hydrogens is 297 g/mol. The average Bonchev–Trinajstić information content (AvgIpc) is 2.40. The molecule has 5 heteroatoms. The molecule has 0 unspecified atom stereocenters. The number of hydrogen-bond donors (Lipinski definition) is 1. The van der Waals surface area contributed by atoms with Crippen LogP contribution in [0.4, 0.5) is 4.39 Å². The molecule has 0 amide bonds. The van der Waals surface area contributed by atoms with Crippen molar-refractivity contribution in [1.82, 2.24) is 4.98 Å². The van der Waals surface area contributed by atoms with Crippen molar-refractivity contribution in [3.8, 4) is 0 Å². The Morgan fingerprint density at radius 3 is 2.30 bits per heavy atom. The van der Waals surface area contributed by atoms with Gasteiger partial charge in [-0.05, 0) is 48.6 Å². The third-order valence-corrected chi connectivity index (χ3v) is 3.45. The fourth-order valence-corrected chi connectivity index (χ4v) is 2.00. The minimum Gasteiger partial charge on any atom is -0.480 e. The number of ether oxygens (including phenoxy) is 1. The molecule has 4 nitrogen and oxygen atoms in total. The molecule has 0 atom stereocenters. The van der Waals surface area contributed by atoms with E-state index in [1.54, 1.807) is 6.07 Å². The maximum atomic E-state index is 14.0. The smallest absolute Gasteiger partial charge is 0.329 e. The number of rotatable bonds is 2. The Balaban J connectivity index is 0.000000379. The van der Waals surface area contributed by atoms with Gasteiger partial charge in [0.1, 0.15) is 17.9 Å². The van der Waals surface area contributed by atoms with Crippen LogP contribution in [0.5, 0.6) is 0 Å². The molecule has 0 aliphatic heterocycles. The van der Waals surface area contributed by atoms with E-state index in [9.17, 15) is 9.18 Å². The number of pyridine rings is 1. The molecular formula is C18H24FNO3. The van der Waals surface area contributed by atoms with Gasteiger partial charge in [-0.15, -0.1) is 0 Å². The predicted octanol–water partition coefficient (Wildman–Crippen LogP) is 4.01. The minimum absolute atomic E-state index is 0.0478. The van der Waals surface area contributed by atoms with Crippen LogP contribution in [-0.2, 0) is 14.9 Å².